The molecule has 2 heterocycles. The predicted molar refractivity (Wildman–Crippen MR) is 80.7 cm³/mol. The van der Waals surface area contributed by atoms with Crippen molar-refractivity contribution < 1.29 is 0 Å². The fourth-order valence-electron chi connectivity index (χ4n) is 2.49. The highest BCUT2D eigenvalue weighted by molar-refractivity contribution is 7.15. The molecule has 1 saturated heterocycles. The maximum absolute atomic E-state index is 4.25. The lowest BCUT2D eigenvalue weighted by atomic mass is 10.2. The molecule has 1 atom stereocenters. The molecule has 6 heteroatoms. The Morgan fingerprint density at radius 3 is 3.00 bits per heavy atom. The highest BCUT2D eigenvalue weighted by Gasteiger charge is 2.22. The molecule has 19 heavy (non-hydrogen) atoms. The van der Waals surface area contributed by atoms with Gasteiger partial charge < -0.3 is 10.2 Å². The van der Waals surface area contributed by atoms with E-state index < -0.39 is 0 Å². The third-order valence-corrected chi connectivity index (χ3v) is 4.46. The van der Waals surface area contributed by atoms with E-state index in [9.17, 15) is 0 Å². The zero-order valence-corrected chi connectivity index (χ0v) is 13.0. The minimum absolute atomic E-state index is 0.704. The van der Waals surface area contributed by atoms with Crippen LogP contribution in [0.15, 0.2) is 0 Å². The van der Waals surface area contributed by atoms with Gasteiger partial charge in [0.25, 0.3) is 0 Å². The Hall–Kier alpha value is -0.720. The van der Waals surface area contributed by atoms with Gasteiger partial charge in [0.15, 0.2) is 0 Å². The molecule has 5 nitrogen and oxygen atoms in total. The number of hydrogen-bond donors (Lipinski definition) is 1. The van der Waals surface area contributed by atoms with Crippen molar-refractivity contribution in [1.82, 2.24) is 20.0 Å². The third-order valence-electron chi connectivity index (χ3n) is 3.59. The summed E-state index contributed by atoms with van der Waals surface area (Å²) >= 11 is 1.67. The van der Waals surface area contributed by atoms with Gasteiger partial charge in [-0.15, -0.1) is 10.2 Å². The van der Waals surface area contributed by atoms with Crippen molar-refractivity contribution in [2.75, 3.05) is 39.0 Å². The average Bonchev–Trinajstić information content (AvgIpc) is 2.97. The van der Waals surface area contributed by atoms with E-state index in [1.54, 1.807) is 11.3 Å². The zero-order chi connectivity index (χ0) is 13.7. The van der Waals surface area contributed by atoms with E-state index in [2.05, 4.69) is 46.3 Å². The van der Waals surface area contributed by atoms with Crippen LogP contribution in [0, 0.1) is 0 Å². The van der Waals surface area contributed by atoms with Gasteiger partial charge in [0.2, 0.25) is 5.13 Å². The smallest absolute Gasteiger partial charge is 0.205 e. The first-order valence-corrected chi connectivity index (χ1v) is 7.95. The van der Waals surface area contributed by atoms with Crippen molar-refractivity contribution in [2.24, 2.45) is 0 Å². The van der Waals surface area contributed by atoms with Crippen LogP contribution in [0.5, 0.6) is 0 Å². The van der Waals surface area contributed by atoms with Gasteiger partial charge in [-0.25, -0.2) is 0 Å². The Balaban J connectivity index is 1.78. The fourth-order valence-corrected chi connectivity index (χ4v) is 3.33. The van der Waals surface area contributed by atoms with Crippen LogP contribution in [-0.2, 0) is 6.54 Å². The highest BCUT2D eigenvalue weighted by atomic mass is 32.1. The summed E-state index contributed by atoms with van der Waals surface area (Å²) in [4.78, 5) is 4.82. The van der Waals surface area contributed by atoms with Crippen molar-refractivity contribution >= 4 is 16.5 Å². The second-order valence-corrected chi connectivity index (χ2v) is 6.46. The van der Waals surface area contributed by atoms with Crippen LogP contribution in [-0.4, -0.2) is 59.8 Å². The summed E-state index contributed by atoms with van der Waals surface area (Å²) in [5.41, 5.74) is 0. The van der Waals surface area contributed by atoms with E-state index in [0.29, 0.717) is 6.04 Å². The number of nitrogens with one attached hydrogen (secondary N) is 1. The molecule has 0 saturated carbocycles. The number of nitrogens with zero attached hydrogens (tertiary/aromatic N) is 4. The fraction of sp³-hybridized carbons (Fsp3) is 0.846. The van der Waals surface area contributed by atoms with Crippen molar-refractivity contribution in [3.8, 4) is 0 Å². The second-order valence-electron chi connectivity index (χ2n) is 5.40. The van der Waals surface area contributed by atoms with Crippen LogP contribution in [0.3, 0.4) is 0 Å². The van der Waals surface area contributed by atoms with Crippen LogP contribution >= 0.6 is 11.3 Å². The van der Waals surface area contributed by atoms with Gasteiger partial charge in [-0.05, 0) is 39.9 Å². The zero-order valence-electron chi connectivity index (χ0n) is 12.2. The van der Waals surface area contributed by atoms with Crippen LogP contribution in [0.25, 0.3) is 0 Å². The molecule has 1 aliphatic rings. The van der Waals surface area contributed by atoms with Gasteiger partial charge in [0, 0.05) is 19.1 Å². The van der Waals surface area contributed by atoms with Gasteiger partial charge in [0.1, 0.15) is 5.01 Å². The number of hydrogen-bond acceptors (Lipinski definition) is 6. The Kier molecular flexibility index (Phi) is 5.54. The van der Waals surface area contributed by atoms with Gasteiger partial charge in [-0.2, -0.15) is 0 Å². The quantitative estimate of drug-likeness (QED) is 0.828. The molecule has 1 unspecified atom stereocenters. The van der Waals surface area contributed by atoms with Crippen LogP contribution in [0.4, 0.5) is 5.13 Å². The molecule has 1 aromatic heterocycles. The van der Waals surface area contributed by atoms with E-state index in [0.717, 1.165) is 36.2 Å². The molecule has 0 amide bonds. The molecule has 1 fully saturated rings. The molecule has 0 radical (unpaired) electrons. The molecule has 1 aromatic rings. The Morgan fingerprint density at radius 2 is 2.32 bits per heavy atom. The Morgan fingerprint density at radius 1 is 1.47 bits per heavy atom. The van der Waals surface area contributed by atoms with Gasteiger partial charge in [-0.3, -0.25) is 4.90 Å². The molecule has 108 valence electrons. The summed E-state index contributed by atoms with van der Waals surface area (Å²) < 4.78 is 0. The molecule has 0 spiro atoms. The molecule has 1 aliphatic heterocycles. The first-order chi connectivity index (χ1) is 9.19. The lowest BCUT2D eigenvalue weighted by Crippen LogP contribution is -2.36. The lowest BCUT2D eigenvalue weighted by molar-refractivity contribution is 0.215. The molecule has 0 aromatic carbocycles. The summed E-state index contributed by atoms with van der Waals surface area (Å²) in [6.07, 6.45) is 3.77. The predicted octanol–water partition coefficient (Wildman–Crippen LogP) is 1.89. The number of likely N-dealkylation sites (N-methyl/N-ethyl adjacent to an activating group) is 2. The van der Waals surface area contributed by atoms with E-state index >= 15 is 0 Å². The standard InChI is InChI=1S/C13H25N5S/c1-4-7-14-13-16-15-12(19-13)10-17(2)9-11-6-5-8-18(11)3/h11H,4-10H2,1-3H3,(H,14,16). The third kappa shape index (κ3) is 4.40. The van der Waals surface area contributed by atoms with Crippen LogP contribution in [0.1, 0.15) is 31.2 Å². The van der Waals surface area contributed by atoms with Crippen molar-refractivity contribution in [3.05, 3.63) is 5.01 Å². The molecule has 1 N–H and O–H groups in total. The minimum atomic E-state index is 0.704. The normalized spacial score (nSPS) is 20.3. The molecule has 2 rings (SSSR count). The SMILES string of the molecule is CCCNc1nnc(CN(C)CC2CCCN2C)s1. The lowest BCUT2D eigenvalue weighted by Gasteiger charge is -2.24. The van der Waals surface area contributed by atoms with E-state index in [1.807, 2.05) is 0 Å². The monoisotopic (exact) mass is 283 g/mol. The summed E-state index contributed by atoms with van der Waals surface area (Å²) in [7, 11) is 4.40. The molecule has 0 aliphatic carbocycles. The van der Waals surface area contributed by atoms with E-state index in [-0.39, 0.29) is 0 Å². The number of anilines is 1. The van der Waals surface area contributed by atoms with Crippen LogP contribution in [0.2, 0.25) is 0 Å². The van der Waals surface area contributed by atoms with Crippen molar-refractivity contribution in [2.45, 2.75) is 38.8 Å². The highest BCUT2D eigenvalue weighted by Crippen LogP contribution is 2.19. The van der Waals surface area contributed by atoms with Crippen LogP contribution < -0.4 is 5.32 Å². The number of likely N-dealkylation sites (tertiary alicyclic amines) is 1. The summed E-state index contributed by atoms with van der Waals surface area (Å²) in [6.45, 7) is 6.38. The van der Waals surface area contributed by atoms with Gasteiger partial charge >= 0.3 is 0 Å². The first-order valence-electron chi connectivity index (χ1n) is 7.14. The summed E-state index contributed by atoms with van der Waals surface area (Å²) in [5, 5.41) is 13.8. The Bertz CT molecular complexity index is 381. The maximum atomic E-state index is 4.25. The molecular formula is C13H25N5S. The van der Waals surface area contributed by atoms with Gasteiger partial charge in [-0.1, -0.05) is 18.3 Å². The topological polar surface area (TPSA) is 44.3 Å². The Labute approximate surface area is 120 Å². The number of rotatable bonds is 7. The first kappa shape index (κ1) is 14.7. The van der Waals surface area contributed by atoms with Crippen molar-refractivity contribution in [3.63, 3.8) is 0 Å². The van der Waals surface area contributed by atoms with Gasteiger partial charge in [0.05, 0.1) is 6.54 Å². The minimum Gasteiger partial charge on any atom is -0.360 e. The number of aromatic nitrogens is 2. The second kappa shape index (κ2) is 7.17. The average molecular weight is 283 g/mol. The maximum Gasteiger partial charge on any atom is 0.205 e. The van der Waals surface area contributed by atoms with E-state index in [4.69, 9.17) is 0 Å². The largest absolute Gasteiger partial charge is 0.360 e. The molecule has 0 bridgehead atoms. The summed E-state index contributed by atoms with van der Waals surface area (Å²) in [5.74, 6) is 0. The van der Waals surface area contributed by atoms with E-state index in [1.165, 1.54) is 19.4 Å². The molecular weight excluding hydrogens is 258 g/mol. The van der Waals surface area contributed by atoms with Crippen molar-refractivity contribution in [1.29, 1.82) is 0 Å². The summed E-state index contributed by atoms with van der Waals surface area (Å²) in [6, 6.07) is 0.704.